The Morgan fingerprint density at radius 3 is 2.13 bits per heavy atom. The van der Waals surface area contributed by atoms with Crippen LogP contribution in [0.3, 0.4) is 0 Å². The van der Waals surface area contributed by atoms with Crippen molar-refractivity contribution in [2.24, 2.45) is 5.41 Å². The summed E-state index contributed by atoms with van der Waals surface area (Å²) in [6, 6.07) is 19.3. The van der Waals surface area contributed by atoms with Crippen LogP contribution in [0.1, 0.15) is 17.5 Å². The molecule has 122 valence electrons. The molecule has 0 aliphatic carbocycles. The number of aliphatic hydroxyl groups excluding tert-OH is 1. The third kappa shape index (κ3) is 4.34. The van der Waals surface area contributed by atoms with E-state index < -0.39 is 0 Å². The first kappa shape index (κ1) is 16.0. The molecule has 0 unspecified atom stereocenters. The van der Waals surface area contributed by atoms with Gasteiger partial charge in [-0.05, 0) is 42.5 Å². The zero-order valence-corrected chi connectivity index (χ0v) is 13.5. The molecule has 0 atom stereocenters. The van der Waals surface area contributed by atoms with Crippen LogP contribution >= 0.6 is 0 Å². The van der Waals surface area contributed by atoms with Crippen molar-refractivity contribution in [3.05, 3.63) is 65.7 Å². The molecule has 0 aromatic heterocycles. The Morgan fingerprint density at radius 2 is 1.57 bits per heavy atom. The molecule has 0 saturated carbocycles. The van der Waals surface area contributed by atoms with Gasteiger partial charge < -0.3 is 15.2 Å². The highest BCUT2D eigenvalue weighted by Crippen LogP contribution is 2.27. The monoisotopic (exact) mass is 311 g/mol. The molecule has 0 spiro atoms. The van der Waals surface area contributed by atoms with Crippen molar-refractivity contribution in [3.63, 3.8) is 0 Å². The largest absolute Gasteiger partial charge is 0.396 e. The maximum absolute atomic E-state index is 9.43. The Morgan fingerprint density at radius 1 is 0.913 bits per heavy atom. The molecule has 1 aliphatic rings. The molecule has 2 aromatic rings. The Kier molecular flexibility index (Phi) is 5.31. The number of nitrogens with one attached hydrogen (secondary N) is 1. The zero-order valence-electron chi connectivity index (χ0n) is 13.5. The summed E-state index contributed by atoms with van der Waals surface area (Å²) < 4.78 is 5.22. The van der Waals surface area contributed by atoms with Gasteiger partial charge in [-0.2, -0.15) is 0 Å². The minimum absolute atomic E-state index is 0.0889. The van der Waals surface area contributed by atoms with Crippen molar-refractivity contribution in [1.82, 2.24) is 0 Å². The first-order valence-electron chi connectivity index (χ1n) is 8.35. The molecule has 1 saturated heterocycles. The van der Waals surface area contributed by atoms with Gasteiger partial charge in [0.15, 0.2) is 0 Å². The molecule has 3 heteroatoms. The minimum atomic E-state index is -0.0889. The van der Waals surface area contributed by atoms with Gasteiger partial charge in [0.05, 0.1) is 25.2 Å². The number of aryl methyl sites for hydroxylation is 2. The van der Waals surface area contributed by atoms with E-state index in [1.165, 1.54) is 17.5 Å². The number of aliphatic hydroxyl groups is 1. The Hall–Kier alpha value is -1.84. The van der Waals surface area contributed by atoms with E-state index in [0.717, 1.165) is 25.1 Å². The van der Waals surface area contributed by atoms with E-state index >= 15 is 0 Å². The summed E-state index contributed by atoms with van der Waals surface area (Å²) in [7, 11) is 0. The lowest BCUT2D eigenvalue weighted by atomic mass is 9.87. The summed E-state index contributed by atoms with van der Waals surface area (Å²) in [4.78, 5) is 0. The van der Waals surface area contributed by atoms with Crippen LogP contribution in [0.15, 0.2) is 54.6 Å². The first-order chi connectivity index (χ1) is 11.3. The smallest absolute Gasteiger partial charge is 0.0584 e. The maximum Gasteiger partial charge on any atom is 0.0584 e. The number of benzene rings is 2. The fourth-order valence-electron chi connectivity index (χ4n) is 2.86. The van der Waals surface area contributed by atoms with E-state index in [4.69, 9.17) is 4.74 Å². The average molecular weight is 311 g/mol. The summed E-state index contributed by atoms with van der Waals surface area (Å²) in [5.41, 5.74) is 3.80. The minimum Gasteiger partial charge on any atom is -0.396 e. The average Bonchev–Trinajstić information content (AvgIpc) is 2.57. The van der Waals surface area contributed by atoms with Crippen molar-refractivity contribution < 1.29 is 9.84 Å². The molecule has 2 aromatic carbocycles. The highest BCUT2D eigenvalue weighted by atomic mass is 16.5. The molecule has 0 radical (unpaired) electrons. The van der Waals surface area contributed by atoms with Crippen LogP contribution in [0.25, 0.3) is 0 Å². The van der Waals surface area contributed by atoms with Gasteiger partial charge in [0.1, 0.15) is 0 Å². The number of hydrogen-bond donors (Lipinski definition) is 2. The summed E-state index contributed by atoms with van der Waals surface area (Å²) >= 11 is 0. The Labute approximate surface area is 138 Å². The summed E-state index contributed by atoms with van der Waals surface area (Å²) in [6.07, 6.45) is 3.39. The lowest BCUT2D eigenvalue weighted by Crippen LogP contribution is -2.50. The maximum atomic E-state index is 9.43. The molecule has 2 N–H and O–H groups in total. The third-order valence-corrected chi connectivity index (χ3v) is 4.55. The van der Waals surface area contributed by atoms with Crippen LogP contribution in [0, 0.1) is 5.41 Å². The number of hydrogen-bond acceptors (Lipinski definition) is 3. The van der Waals surface area contributed by atoms with Crippen molar-refractivity contribution in [2.75, 3.05) is 31.7 Å². The van der Waals surface area contributed by atoms with Crippen LogP contribution in [0.4, 0.5) is 5.69 Å². The predicted molar refractivity (Wildman–Crippen MR) is 93.7 cm³/mol. The van der Waals surface area contributed by atoms with Crippen molar-refractivity contribution >= 4 is 5.69 Å². The lowest BCUT2D eigenvalue weighted by Gasteiger charge is -2.40. The van der Waals surface area contributed by atoms with E-state index in [1.54, 1.807) is 0 Å². The topological polar surface area (TPSA) is 41.5 Å². The van der Waals surface area contributed by atoms with Crippen LogP contribution < -0.4 is 5.32 Å². The molecule has 23 heavy (non-hydrogen) atoms. The van der Waals surface area contributed by atoms with Gasteiger partial charge in [0, 0.05) is 12.2 Å². The van der Waals surface area contributed by atoms with Gasteiger partial charge >= 0.3 is 0 Å². The van der Waals surface area contributed by atoms with Gasteiger partial charge in [0.25, 0.3) is 0 Å². The summed E-state index contributed by atoms with van der Waals surface area (Å²) in [5.74, 6) is 0. The second-order valence-electron chi connectivity index (χ2n) is 6.54. The third-order valence-electron chi connectivity index (χ3n) is 4.55. The second kappa shape index (κ2) is 7.62. The zero-order chi connectivity index (χ0) is 16.0. The summed E-state index contributed by atoms with van der Waals surface area (Å²) in [5, 5.41) is 12.8. The molecule has 1 fully saturated rings. The molecule has 1 heterocycles. The van der Waals surface area contributed by atoms with Gasteiger partial charge in [-0.3, -0.25) is 0 Å². The van der Waals surface area contributed by atoms with Crippen LogP contribution in [0.5, 0.6) is 0 Å². The Bertz CT molecular complexity index is 585. The van der Waals surface area contributed by atoms with Crippen LogP contribution in [0.2, 0.25) is 0 Å². The van der Waals surface area contributed by atoms with E-state index in [2.05, 4.69) is 59.9 Å². The fourth-order valence-corrected chi connectivity index (χ4v) is 2.86. The van der Waals surface area contributed by atoms with E-state index in [0.29, 0.717) is 13.2 Å². The molecular weight excluding hydrogens is 286 g/mol. The number of rotatable bonds is 8. The van der Waals surface area contributed by atoms with E-state index in [-0.39, 0.29) is 12.0 Å². The summed E-state index contributed by atoms with van der Waals surface area (Å²) in [6.45, 7) is 2.23. The Balaban J connectivity index is 1.43. The van der Waals surface area contributed by atoms with Gasteiger partial charge in [0.2, 0.25) is 0 Å². The van der Waals surface area contributed by atoms with Crippen LogP contribution in [-0.2, 0) is 17.6 Å². The fraction of sp³-hybridized carbons (Fsp3) is 0.400. The highest BCUT2D eigenvalue weighted by Gasteiger charge is 2.37. The first-order valence-corrected chi connectivity index (χ1v) is 8.35. The van der Waals surface area contributed by atoms with Crippen molar-refractivity contribution in [3.8, 4) is 0 Å². The normalized spacial score (nSPS) is 15.9. The molecule has 0 bridgehead atoms. The standard InChI is InChI=1S/C20H25NO2/c22-14-20(15-23-16-20)13-21-19-11-9-18(10-12-19)8-4-7-17-5-2-1-3-6-17/h1-3,5-6,9-12,21-22H,4,7-8,13-16H2. The van der Waals surface area contributed by atoms with E-state index in [1.807, 2.05) is 0 Å². The number of anilines is 1. The second-order valence-corrected chi connectivity index (χ2v) is 6.54. The molecule has 0 amide bonds. The van der Waals surface area contributed by atoms with E-state index in [9.17, 15) is 5.11 Å². The lowest BCUT2D eigenvalue weighted by molar-refractivity contribution is -0.128. The molecule has 1 aliphatic heterocycles. The SMILES string of the molecule is OCC1(CNc2ccc(CCCc3ccccc3)cc2)COC1. The van der Waals surface area contributed by atoms with Crippen molar-refractivity contribution in [2.45, 2.75) is 19.3 Å². The van der Waals surface area contributed by atoms with Gasteiger partial charge in [-0.1, -0.05) is 42.5 Å². The molecule has 3 rings (SSSR count). The quantitative estimate of drug-likeness (QED) is 0.786. The van der Waals surface area contributed by atoms with Gasteiger partial charge in [-0.15, -0.1) is 0 Å². The number of ether oxygens (including phenoxy) is 1. The predicted octanol–water partition coefficient (Wildman–Crippen LogP) is 3.28. The molecule has 3 nitrogen and oxygen atoms in total. The highest BCUT2D eigenvalue weighted by molar-refractivity contribution is 5.45. The van der Waals surface area contributed by atoms with Crippen LogP contribution in [-0.4, -0.2) is 31.5 Å². The van der Waals surface area contributed by atoms with Gasteiger partial charge in [-0.25, -0.2) is 0 Å². The van der Waals surface area contributed by atoms with Crippen molar-refractivity contribution in [1.29, 1.82) is 0 Å². The molecular formula is C20H25NO2.